The lowest BCUT2D eigenvalue weighted by atomic mass is 10.1. The Balaban J connectivity index is 2.35. The summed E-state index contributed by atoms with van der Waals surface area (Å²) in [6, 6.07) is 12.1. The molecule has 0 aromatic heterocycles. The standard InChI is InChI=1S/C19H16BrClN2O3/c1-3-26-18-10-14(20)12(9-17(18)25-2)8-13(11-22)19(24)23-16-7-5-4-6-15(16)21/h4-10H,3H2,1-2H3,(H,23,24)/b13-8+. The van der Waals surface area contributed by atoms with Crippen molar-refractivity contribution in [1.82, 2.24) is 0 Å². The number of nitriles is 1. The van der Waals surface area contributed by atoms with Gasteiger partial charge in [-0.25, -0.2) is 0 Å². The molecule has 0 saturated carbocycles. The average molecular weight is 436 g/mol. The zero-order valence-electron chi connectivity index (χ0n) is 14.2. The third-order valence-electron chi connectivity index (χ3n) is 3.37. The minimum Gasteiger partial charge on any atom is -0.493 e. The van der Waals surface area contributed by atoms with Gasteiger partial charge in [-0.2, -0.15) is 5.26 Å². The molecule has 7 heteroatoms. The van der Waals surface area contributed by atoms with Crippen molar-refractivity contribution in [3.05, 3.63) is 57.0 Å². The first kappa shape index (κ1) is 19.8. The summed E-state index contributed by atoms with van der Waals surface area (Å²) in [5.41, 5.74) is 0.969. The van der Waals surface area contributed by atoms with Gasteiger partial charge in [-0.3, -0.25) is 4.79 Å². The molecule has 0 aliphatic carbocycles. The van der Waals surface area contributed by atoms with Crippen molar-refractivity contribution in [2.75, 3.05) is 19.0 Å². The topological polar surface area (TPSA) is 71.3 Å². The summed E-state index contributed by atoms with van der Waals surface area (Å²) in [5, 5.41) is 12.4. The summed E-state index contributed by atoms with van der Waals surface area (Å²) in [6.45, 7) is 2.36. The third kappa shape index (κ3) is 4.78. The SMILES string of the molecule is CCOc1cc(Br)c(/C=C(\C#N)C(=O)Nc2ccccc2Cl)cc1OC. The maximum absolute atomic E-state index is 12.4. The number of amides is 1. The van der Waals surface area contributed by atoms with Crippen LogP contribution < -0.4 is 14.8 Å². The van der Waals surface area contributed by atoms with E-state index in [0.29, 0.717) is 38.9 Å². The first-order chi connectivity index (χ1) is 12.5. The van der Waals surface area contributed by atoms with Crippen molar-refractivity contribution >= 4 is 45.2 Å². The number of nitrogens with one attached hydrogen (secondary N) is 1. The first-order valence-electron chi connectivity index (χ1n) is 7.68. The van der Waals surface area contributed by atoms with Gasteiger partial charge in [-0.15, -0.1) is 0 Å². The molecule has 1 N–H and O–H groups in total. The molecule has 0 unspecified atom stereocenters. The Morgan fingerprint density at radius 1 is 1.35 bits per heavy atom. The Morgan fingerprint density at radius 2 is 2.08 bits per heavy atom. The fourth-order valence-corrected chi connectivity index (χ4v) is 2.77. The molecule has 0 fully saturated rings. The Bertz CT molecular complexity index is 891. The van der Waals surface area contributed by atoms with E-state index in [2.05, 4.69) is 21.2 Å². The molecule has 0 spiro atoms. The van der Waals surface area contributed by atoms with Crippen LogP contribution in [0.3, 0.4) is 0 Å². The smallest absolute Gasteiger partial charge is 0.266 e. The number of hydrogen-bond donors (Lipinski definition) is 1. The van der Waals surface area contributed by atoms with Crippen LogP contribution in [0.5, 0.6) is 11.5 Å². The van der Waals surface area contributed by atoms with Crippen LogP contribution in [-0.2, 0) is 4.79 Å². The molecule has 0 heterocycles. The molecule has 26 heavy (non-hydrogen) atoms. The van der Waals surface area contributed by atoms with Crippen LogP contribution in [0.25, 0.3) is 6.08 Å². The fourth-order valence-electron chi connectivity index (χ4n) is 2.15. The minimum atomic E-state index is -0.555. The summed E-state index contributed by atoms with van der Waals surface area (Å²) < 4.78 is 11.5. The van der Waals surface area contributed by atoms with E-state index in [4.69, 9.17) is 21.1 Å². The monoisotopic (exact) mass is 434 g/mol. The number of hydrogen-bond acceptors (Lipinski definition) is 4. The molecule has 0 aliphatic heterocycles. The van der Waals surface area contributed by atoms with Gasteiger partial charge in [0.2, 0.25) is 0 Å². The Labute approximate surface area is 165 Å². The summed E-state index contributed by atoms with van der Waals surface area (Å²) in [5.74, 6) is 0.517. The van der Waals surface area contributed by atoms with Crippen LogP contribution in [0.1, 0.15) is 12.5 Å². The van der Waals surface area contributed by atoms with Crippen LogP contribution in [0.15, 0.2) is 46.4 Å². The van der Waals surface area contributed by atoms with Gasteiger partial charge in [-0.05, 0) is 42.8 Å². The van der Waals surface area contributed by atoms with Gasteiger partial charge in [0.05, 0.1) is 24.4 Å². The fraction of sp³-hybridized carbons (Fsp3) is 0.158. The van der Waals surface area contributed by atoms with Gasteiger partial charge in [0.15, 0.2) is 11.5 Å². The number of anilines is 1. The first-order valence-corrected chi connectivity index (χ1v) is 8.85. The second kappa shape index (κ2) is 9.27. The Hall–Kier alpha value is -2.49. The molecule has 0 aliphatic rings. The number of halogens is 2. The van der Waals surface area contributed by atoms with Crippen molar-refractivity contribution in [2.45, 2.75) is 6.92 Å². The van der Waals surface area contributed by atoms with Crippen LogP contribution in [0, 0.1) is 11.3 Å². The number of nitrogens with zero attached hydrogens (tertiary/aromatic N) is 1. The molecule has 134 valence electrons. The average Bonchev–Trinajstić information content (AvgIpc) is 2.63. The highest BCUT2D eigenvalue weighted by Crippen LogP contribution is 2.34. The lowest BCUT2D eigenvalue weighted by Gasteiger charge is -2.12. The highest BCUT2D eigenvalue weighted by Gasteiger charge is 2.14. The molecule has 2 aromatic rings. The highest BCUT2D eigenvalue weighted by molar-refractivity contribution is 9.10. The van der Waals surface area contributed by atoms with Crippen LogP contribution in [0.4, 0.5) is 5.69 Å². The molecule has 1 amide bonds. The summed E-state index contributed by atoms with van der Waals surface area (Å²) in [4.78, 5) is 12.4. The number of carbonyl (C=O) groups excluding carboxylic acids is 1. The van der Waals surface area contributed by atoms with E-state index in [0.717, 1.165) is 0 Å². The van der Waals surface area contributed by atoms with E-state index in [9.17, 15) is 10.1 Å². The lowest BCUT2D eigenvalue weighted by molar-refractivity contribution is -0.112. The van der Waals surface area contributed by atoms with Crippen molar-refractivity contribution in [3.8, 4) is 17.6 Å². The van der Waals surface area contributed by atoms with E-state index in [1.807, 2.05) is 13.0 Å². The van der Waals surface area contributed by atoms with E-state index in [1.54, 1.807) is 36.4 Å². The molecule has 0 radical (unpaired) electrons. The molecular formula is C19H16BrClN2O3. The van der Waals surface area contributed by atoms with Gasteiger partial charge in [0.25, 0.3) is 5.91 Å². The normalized spacial score (nSPS) is 10.8. The number of para-hydroxylation sites is 1. The van der Waals surface area contributed by atoms with Crippen molar-refractivity contribution in [2.24, 2.45) is 0 Å². The summed E-state index contributed by atoms with van der Waals surface area (Å²) >= 11 is 9.46. The molecule has 0 atom stereocenters. The van der Waals surface area contributed by atoms with Crippen LogP contribution in [-0.4, -0.2) is 19.6 Å². The molecule has 0 saturated heterocycles. The summed E-state index contributed by atoms with van der Waals surface area (Å²) in [7, 11) is 1.52. The number of benzene rings is 2. The number of rotatable bonds is 6. The lowest BCUT2D eigenvalue weighted by Crippen LogP contribution is -2.13. The van der Waals surface area contributed by atoms with Crippen molar-refractivity contribution < 1.29 is 14.3 Å². The number of ether oxygens (including phenoxy) is 2. The minimum absolute atomic E-state index is 0.0724. The van der Waals surface area contributed by atoms with E-state index < -0.39 is 5.91 Å². The Morgan fingerprint density at radius 3 is 2.69 bits per heavy atom. The van der Waals surface area contributed by atoms with E-state index in [1.165, 1.54) is 13.2 Å². The van der Waals surface area contributed by atoms with Crippen LogP contribution in [0.2, 0.25) is 5.02 Å². The summed E-state index contributed by atoms with van der Waals surface area (Å²) in [6.07, 6.45) is 1.47. The highest BCUT2D eigenvalue weighted by atomic mass is 79.9. The number of carbonyl (C=O) groups is 1. The van der Waals surface area contributed by atoms with Gasteiger partial charge >= 0.3 is 0 Å². The van der Waals surface area contributed by atoms with Crippen LogP contribution >= 0.6 is 27.5 Å². The third-order valence-corrected chi connectivity index (χ3v) is 4.39. The van der Waals surface area contributed by atoms with Crippen molar-refractivity contribution in [1.29, 1.82) is 5.26 Å². The molecule has 5 nitrogen and oxygen atoms in total. The predicted molar refractivity (Wildman–Crippen MR) is 106 cm³/mol. The largest absolute Gasteiger partial charge is 0.493 e. The molecule has 0 bridgehead atoms. The van der Waals surface area contributed by atoms with Gasteiger partial charge in [0, 0.05) is 4.47 Å². The zero-order chi connectivity index (χ0) is 19.1. The maximum atomic E-state index is 12.4. The number of methoxy groups -OCH3 is 1. The maximum Gasteiger partial charge on any atom is 0.266 e. The van der Waals surface area contributed by atoms with Gasteiger partial charge < -0.3 is 14.8 Å². The Kier molecular flexibility index (Phi) is 7.07. The molecule has 2 rings (SSSR count). The quantitative estimate of drug-likeness (QED) is 0.509. The van der Waals surface area contributed by atoms with E-state index in [-0.39, 0.29) is 5.57 Å². The van der Waals surface area contributed by atoms with Gasteiger partial charge in [0.1, 0.15) is 11.6 Å². The molecule has 2 aromatic carbocycles. The second-order valence-corrected chi connectivity index (χ2v) is 6.32. The molecular weight excluding hydrogens is 420 g/mol. The second-order valence-electron chi connectivity index (χ2n) is 5.06. The van der Waals surface area contributed by atoms with Gasteiger partial charge in [-0.1, -0.05) is 39.7 Å². The predicted octanol–water partition coefficient (Wildman–Crippen LogP) is 5.06. The van der Waals surface area contributed by atoms with Crippen molar-refractivity contribution in [3.63, 3.8) is 0 Å². The zero-order valence-corrected chi connectivity index (χ0v) is 16.5. The van der Waals surface area contributed by atoms with E-state index >= 15 is 0 Å².